The van der Waals surface area contributed by atoms with Crippen LogP contribution < -0.4 is 4.74 Å². The Morgan fingerprint density at radius 2 is 1.93 bits per heavy atom. The van der Waals surface area contributed by atoms with Crippen LogP contribution in [0.25, 0.3) is 11.3 Å². The molecule has 1 fully saturated rings. The predicted molar refractivity (Wildman–Crippen MR) is 106 cm³/mol. The van der Waals surface area contributed by atoms with Crippen LogP contribution >= 0.6 is 0 Å². The Kier molecular flexibility index (Phi) is 4.91. The van der Waals surface area contributed by atoms with Gasteiger partial charge in [0, 0.05) is 18.7 Å². The molecule has 28 heavy (non-hydrogen) atoms. The summed E-state index contributed by atoms with van der Waals surface area (Å²) in [7, 11) is -2.16. The van der Waals surface area contributed by atoms with E-state index in [-0.39, 0.29) is 10.9 Å². The van der Waals surface area contributed by atoms with Gasteiger partial charge in [0.15, 0.2) is 0 Å². The van der Waals surface area contributed by atoms with Crippen LogP contribution in [0.4, 0.5) is 0 Å². The van der Waals surface area contributed by atoms with Crippen LogP contribution in [-0.4, -0.2) is 47.9 Å². The maximum atomic E-state index is 13.2. The molecule has 3 aromatic rings. The fourth-order valence-corrected chi connectivity index (χ4v) is 5.20. The van der Waals surface area contributed by atoms with E-state index >= 15 is 0 Å². The molecule has 1 atom stereocenters. The zero-order chi connectivity index (χ0) is 19.7. The van der Waals surface area contributed by atoms with Gasteiger partial charge >= 0.3 is 0 Å². The summed E-state index contributed by atoms with van der Waals surface area (Å²) in [4.78, 5) is 0.208. The normalized spacial score (nSPS) is 17.7. The lowest BCUT2D eigenvalue weighted by Crippen LogP contribution is -2.29. The van der Waals surface area contributed by atoms with Crippen LogP contribution in [0.2, 0.25) is 0 Å². The van der Waals surface area contributed by atoms with Crippen LogP contribution in [0.1, 0.15) is 18.0 Å². The Morgan fingerprint density at radius 1 is 1.14 bits per heavy atom. The zero-order valence-corrected chi connectivity index (χ0v) is 16.6. The first-order chi connectivity index (χ1) is 13.5. The second-order valence-electron chi connectivity index (χ2n) is 6.91. The fourth-order valence-electron chi connectivity index (χ4n) is 3.47. The van der Waals surface area contributed by atoms with Crippen molar-refractivity contribution in [3.63, 3.8) is 0 Å². The molecule has 0 aliphatic carbocycles. The van der Waals surface area contributed by atoms with Gasteiger partial charge in [-0.1, -0.05) is 41.6 Å². The van der Waals surface area contributed by atoms with Gasteiger partial charge in [-0.3, -0.25) is 0 Å². The van der Waals surface area contributed by atoms with E-state index in [0.717, 1.165) is 16.8 Å². The molecule has 8 heteroatoms. The number of hydrogen-bond acceptors (Lipinski definition) is 5. The molecule has 2 heterocycles. The van der Waals surface area contributed by atoms with E-state index in [0.29, 0.717) is 25.3 Å². The minimum atomic E-state index is -3.64. The molecule has 7 nitrogen and oxygen atoms in total. The van der Waals surface area contributed by atoms with Crippen molar-refractivity contribution in [2.45, 2.75) is 24.3 Å². The Bertz CT molecular complexity index is 1080. The predicted octanol–water partition coefficient (Wildman–Crippen LogP) is 2.90. The van der Waals surface area contributed by atoms with Crippen LogP contribution in [-0.2, 0) is 10.0 Å². The molecule has 0 spiro atoms. The molecule has 1 aliphatic rings. The van der Waals surface area contributed by atoms with Gasteiger partial charge in [0.25, 0.3) is 0 Å². The summed E-state index contributed by atoms with van der Waals surface area (Å²) in [6.07, 6.45) is 2.56. The minimum absolute atomic E-state index is 0.0458. The van der Waals surface area contributed by atoms with E-state index in [2.05, 4.69) is 10.3 Å². The molecular formula is C20H22N4O3S. The second-order valence-corrected chi connectivity index (χ2v) is 8.82. The van der Waals surface area contributed by atoms with E-state index in [9.17, 15) is 8.42 Å². The average molecular weight is 398 g/mol. The van der Waals surface area contributed by atoms with Crippen molar-refractivity contribution >= 4 is 10.0 Å². The van der Waals surface area contributed by atoms with Crippen LogP contribution in [0.15, 0.2) is 59.6 Å². The van der Waals surface area contributed by atoms with E-state index in [1.165, 1.54) is 11.4 Å². The first-order valence-electron chi connectivity index (χ1n) is 9.11. The molecule has 1 aliphatic heterocycles. The van der Waals surface area contributed by atoms with Gasteiger partial charge in [-0.05, 0) is 31.0 Å². The van der Waals surface area contributed by atoms with Gasteiger partial charge in [-0.2, -0.15) is 4.31 Å². The summed E-state index contributed by atoms with van der Waals surface area (Å²) < 4.78 is 34.9. The largest absolute Gasteiger partial charge is 0.495 e. The van der Waals surface area contributed by atoms with Crippen molar-refractivity contribution in [1.82, 2.24) is 19.3 Å². The molecule has 1 aromatic heterocycles. The number of sulfonamides is 1. The van der Waals surface area contributed by atoms with Crippen LogP contribution in [0.3, 0.4) is 0 Å². The molecule has 0 N–H and O–H groups in total. The second kappa shape index (κ2) is 7.37. The molecule has 1 unspecified atom stereocenters. The lowest BCUT2D eigenvalue weighted by Gasteiger charge is -2.18. The fraction of sp³-hybridized carbons (Fsp3) is 0.300. The van der Waals surface area contributed by atoms with Gasteiger partial charge in [-0.25, -0.2) is 13.1 Å². The lowest BCUT2D eigenvalue weighted by molar-refractivity contribution is 0.395. The number of aromatic nitrogens is 3. The summed E-state index contributed by atoms with van der Waals surface area (Å²) in [6, 6.07) is 15.0. The summed E-state index contributed by atoms with van der Waals surface area (Å²) >= 11 is 0. The quantitative estimate of drug-likeness (QED) is 0.660. The highest BCUT2D eigenvalue weighted by Crippen LogP contribution is 2.32. The number of nitrogens with zero attached hydrogens (tertiary/aromatic N) is 4. The number of aryl methyl sites for hydroxylation is 1. The number of methoxy groups -OCH3 is 1. The maximum absolute atomic E-state index is 13.2. The van der Waals surface area contributed by atoms with Crippen molar-refractivity contribution < 1.29 is 13.2 Å². The number of ether oxygens (including phenoxy) is 1. The van der Waals surface area contributed by atoms with Crippen molar-refractivity contribution in [2.24, 2.45) is 0 Å². The topological polar surface area (TPSA) is 77.3 Å². The summed E-state index contributed by atoms with van der Waals surface area (Å²) in [5, 5.41) is 8.47. The van der Waals surface area contributed by atoms with Crippen molar-refractivity contribution in [1.29, 1.82) is 0 Å². The highest BCUT2D eigenvalue weighted by molar-refractivity contribution is 7.89. The van der Waals surface area contributed by atoms with Crippen molar-refractivity contribution in [3.05, 3.63) is 60.3 Å². The van der Waals surface area contributed by atoms with Crippen LogP contribution in [0.5, 0.6) is 5.75 Å². The van der Waals surface area contributed by atoms with Crippen LogP contribution in [0, 0.1) is 6.92 Å². The smallest absolute Gasteiger partial charge is 0.246 e. The highest BCUT2D eigenvalue weighted by atomic mass is 32.2. The Hall–Kier alpha value is -2.71. The maximum Gasteiger partial charge on any atom is 0.246 e. The Morgan fingerprint density at radius 3 is 2.68 bits per heavy atom. The average Bonchev–Trinajstić information content (AvgIpc) is 3.38. The standard InChI is InChI=1S/C20H22N4O3S/c1-15-8-9-19(27-2)20(12-15)28(25,26)23-11-10-17(13-23)24-14-18(21-22-24)16-6-4-3-5-7-16/h3-9,12,14,17H,10-11,13H2,1-2H3. The van der Waals surface area contributed by atoms with Gasteiger partial charge in [0.1, 0.15) is 16.3 Å². The van der Waals surface area contributed by atoms with E-state index in [1.807, 2.05) is 49.5 Å². The summed E-state index contributed by atoms with van der Waals surface area (Å²) in [5.41, 5.74) is 2.64. The molecule has 0 bridgehead atoms. The van der Waals surface area contributed by atoms with Crippen molar-refractivity contribution in [2.75, 3.05) is 20.2 Å². The number of benzene rings is 2. The molecule has 1 saturated heterocycles. The van der Waals surface area contributed by atoms with Gasteiger partial charge in [0.2, 0.25) is 10.0 Å². The Balaban J connectivity index is 1.56. The van der Waals surface area contributed by atoms with E-state index in [4.69, 9.17) is 4.74 Å². The molecule has 146 valence electrons. The molecular weight excluding hydrogens is 376 g/mol. The minimum Gasteiger partial charge on any atom is -0.495 e. The van der Waals surface area contributed by atoms with Gasteiger partial charge in [0.05, 0.1) is 19.3 Å². The number of rotatable bonds is 5. The van der Waals surface area contributed by atoms with E-state index < -0.39 is 10.0 Å². The SMILES string of the molecule is COc1ccc(C)cc1S(=O)(=O)N1CCC(n2cc(-c3ccccc3)nn2)C1. The summed E-state index contributed by atoms with van der Waals surface area (Å²) in [6.45, 7) is 2.66. The highest BCUT2D eigenvalue weighted by Gasteiger charge is 2.35. The monoisotopic (exact) mass is 398 g/mol. The van der Waals surface area contributed by atoms with Gasteiger partial charge < -0.3 is 4.74 Å². The first-order valence-corrected chi connectivity index (χ1v) is 10.5. The molecule has 0 saturated carbocycles. The molecule has 4 rings (SSSR count). The number of hydrogen-bond donors (Lipinski definition) is 0. The summed E-state index contributed by atoms with van der Waals surface area (Å²) in [5.74, 6) is 0.362. The van der Waals surface area contributed by atoms with Crippen molar-refractivity contribution in [3.8, 4) is 17.0 Å². The third-order valence-corrected chi connectivity index (χ3v) is 6.90. The third kappa shape index (κ3) is 3.41. The van der Waals surface area contributed by atoms with E-state index in [1.54, 1.807) is 16.8 Å². The zero-order valence-electron chi connectivity index (χ0n) is 15.8. The lowest BCUT2D eigenvalue weighted by atomic mass is 10.2. The molecule has 0 amide bonds. The third-order valence-electron chi connectivity index (χ3n) is 5.02. The Labute approximate surface area is 164 Å². The molecule has 2 aromatic carbocycles. The molecule has 0 radical (unpaired) electrons. The van der Waals surface area contributed by atoms with Gasteiger partial charge in [-0.15, -0.1) is 5.10 Å². The first kappa shape index (κ1) is 18.6.